The van der Waals surface area contributed by atoms with Crippen molar-refractivity contribution in [2.45, 2.75) is 11.3 Å². The Labute approximate surface area is 174 Å². The Morgan fingerprint density at radius 2 is 1.55 bits per heavy atom. The van der Waals surface area contributed by atoms with Crippen molar-refractivity contribution in [1.29, 1.82) is 0 Å². The van der Waals surface area contributed by atoms with E-state index in [9.17, 15) is 10.1 Å². The monoisotopic (exact) mass is 395 g/mol. The Hall–Kier alpha value is -3.55. The highest BCUT2D eigenvalue weighted by Crippen LogP contribution is 2.38. The molecule has 2 aliphatic carbocycles. The number of fused-ring (bicyclic) bond motifs is 2. The van der Waals surface area contributed by atoms with Gasteiger partial charge in [-0.25, -0.2) is 0 Å². The molecule has 0 spiro atoms. The van der Waals surface area contributed by atoms with E-state index in [1.165, 1.54) is 33.1 Å². The zero-order valence-electron chi connectivity index (χ0n) is 15.5. The smallest absolute Gasteiger partial charge is 0.258 e. The van der Waals surface area contributed by atoms with Crippen LogP contribution in [0.4, 0.5) is 5.69 Å². The molecule has 0 aromatic heterocycles. The Bertz CT molecular complexity index is 1150. The summed E-state index contributed by atoms with van der Waals surface area (Å²) in [7, 11) is 0. The van der Waals surface area contributed by atoms with Gasteiger partial charge in [0.25, 0.3) is 5.69 Å². The van der Waals surface area contributed by atoms with Gasteiger partial charge in [0, 0.05) is 33.1 Å². The van der Waals surface area contributed by atoms with Crippen LogP contribution in [-0.4, -0.2) is 4.92 Å². The average molecular weight is 395 g/mol. The molecule has 0 N–H and O–H groups in total. The first kappa shape index (κ1) is 18.8. The van der Waals surface area contributed by atoms with E-state index in [0.29, 0.717) is 0 Å². The Morgan fingerprint density at radius 1 is 0.828 bits per heavy atom. The van der Waals surface area contributed by atoms with E-state index in [1.54, 1.807) is 23.9 Å². The number of thioether (sulfide) groups is 1. The maximum absolute atomic E-state index is 10.8. The lowest BCUT2D eigenvalue weighted by Crippen LogP contribution is -1.90. The summed E-state index contributed by atoms with van der Waals surface area (Å²) >= 11 is 1.75. The van der Waals surface area contributed by atoms with E-state index in [4.69, 9.17) is 0 Å². The second-order valence-corrected chi connectivity index (χ2v) is 7.64. The van der Waals surface area contributed by atoms with Crippen LogP contribution >= 0.6 is 11.8 Å². The molecule has 2 aromatic carbocycles. The van der Waals surface area contributed by atoms with Gasteiger partial charge in [0.05, 0.1) is 4.92 Å². The molecule has 29 heavy (non-hydrogen) atoms. The lowest BCUT2D eigenvalue weighted by molar-refractivity contribution is -0.384. The molecule has 3 nitrogen and oxygen atoms in total. The fraction of sp³-hybridized carbons (Fsp3) is 0.0400. The molecular weight excluding hydrogens is 378 g/mol. The quantitative estimate of drug-likeness (QED) is 0.344. The highest BCUT2D eigenvalue weighted by Gasteiger charge is 2.15. The van der Waals surface area contributed by atoms with Crippen molar-refractivity contribution >= 4 is 17.4 Å². The molecule has 140 valence electrons. The Kier molecular flexibility index (Phi) is 5.60. The zero-order chi connectivity index (χ0) is 20.1. The lowest BCUT2D eigenvalue weighted by Gasteiger charge is -2.10. The molecule has 0 aliphatic heterocycles. The Morgan fingerprint density at radius 3 is 2.28 bits per heavy atom. The summed E-state index contributed by atoms with van der Waals surface area (Å²) in [4.78, 5) is 12.8. The van der Waals surface area contributed by atoms with Crippen LogP contribution < -0.4 is 0 Å². The number of hydrogen-bond donors (Lipinski definition) is 0. The summed E-state index contributed by atoms with van der Waals surface area (Å²) in [5.74, 6) is 6.39. The first-order valence-corrected chi connectivity index (χ1v) is 9.99. The second-order valence-electron chi connectivity index (χ2n) is 6.53. The molecular formula is C25H17NO2S. The van der Waals surface area contributed by atoms with Gasteiger partial charge in [-0.1, -0.05) is 66.1 Å². The molecule has 2 aromatic rings. The van der Waals surface area contributed by atoms with Gasteiger partial charge >= 0.3 is 0 Å². The maximum Gasteiger partial charge on any atom is 0.269 e. The van der Waals surface area contributed by atoms with Gasteiger partial charge in [-0.3, -0.25) is 10.1 Å². The molecule has 0 amide bonds. The summed E-state index contributed by atoms with van der Waals surface area (Å²) in [5.41, 5.74) is 4.22. The zero-order valence-corrected chi connectivity index (χ0v) is 16.4. The second kappa shape index (κ2) is 8.64. The third kappa shape index (κ3) is 4.66. The van der Waals surface area contributed by atoms with E-state index in [1.807, 2.05) is 24.3 Å². The molecule has 0 fully saturated rings. The normalized spacial score (nSPS) is 14.9. The number of non-ortho nitro benzene ring substituents is 1. The van der Waals surface area contributed by atoms with Crippen molar-refractivity contribution in [3.8, 4) is 11.8 Å². The van der Waals surface area contributed by atoms with Crippen molar-refractivity contribution in [2.24, 2.45) is 0 Å². The Balaban J connectivity index is 1.64. The van der Waals surface area contributed by atoms with Crippen LogP contribution in [0, 0.1) is 22.0 Å². The topological polar surface area (TPSA) is 43.1 Å². The molecule has 0 saturated carbocycles. The predicted molar refractivity (Wildman–Crippen MR) is 118 cm³/mol. The fourth-order valence-electron chi connectivity index (χ4n) is 3.04. The number of nitro benzene ring substituents is 1. The maximum atomic E-state index is 10.8. The largest absolute Gasteiger partial charge is 0.269 e. The molecule has 2 bridgehead atoms. The van der Waals surface area contributed by atoms with Crippen molar-refractivity contribution in [2.75, 3.05) is 0 Å². The van der Waals surface area contributed by atoms with Gasteiger partial charge < -0.3 is 0 Å². The van der Waals surface area contributed by atoms with Gasteiger partial charge in [-0.15, -0.1) is 0 Å². The van der Waals surface area contributed by atoms with E-state index in [2.05, 4.69) is 54.4 Å². The van der Waals surface area contributed by atoms with Gasteiger partial charge in [0.2, 0.25) is 0 Å². The molecule has 0 heterocycles. The molecule has 0 saturated heterocycles. The minimum absolute atomic E-state index is 0.0705. The molecule has 4 heteroatoms. The van der Waals surface area contributed by atoms with E-state index < -0.39 is 4.92 Å². The summed E-state index contributed by atoms with van der Waals surface area (Å²) in [6, 6.07) is 16.7. The molecule has 0 unspecified atom stereocenters. The minimum atomic E-state index is -0.404. The van der Waals surface area contributed by atoms with Gasteiger partial charge in [-0.2, -0.15) is 0 Å². The third-order valence-corrected chi connectivity index (χ3v) is 5.67. The summed E-state index contributed by atoms with van der Waals surface area (Å²) in [6.07, 6.45) is 13.4. The third-order valence-electron chi connectivity index (χ3n) is 4.54. The SMILES string of the molecule is O=[N+]([O-])c1ccc(C#CC2=CC=C(Sc3ccccc3)C3=CC=CC=C2C3)cc1. The molecule has 4 rings (SSSR count). The lowest BCUT2D eigenvalue weighted by atomic mass is 10.0. The van der Waals surface area contributed by atoms with Crippen molar-refractivity contribution in [1.82, 2.24) is 0 Å². The minimum Gasteiger partial charge on any atom is -0.258 e. The first-order valence-electron chi connectivity index (χ1n) is 9.17. The highest BCUT2D eigenvalue weighted by atomic mass is 32.2. The van der Waals surface area contributed by atoms with Crippen LogP contribution in [-0.2, 0) is 0 Å². The number of nitrogens with zero attached hydrogens (tertiary/aromatic N) is 1. The predicted octanol–water partition coefficient (Wildman–Crippen LogP) is 6.38. The van der Waals surface area contributed by atoms with Crippen molar-refractivity contribution in [3.05, 3.63) is 128 Å². The van der Waals surface area contributed by atoms with Gasteiger partial charge in [0.15, 0.2) is 0 Å². The summed E-state index contributed by atoms with van der Waals surface area (Å²) in [6.45, 7) is 0. The van der Waals surface area contributed by atoms with Crippen LogP contribution in [0.1, 0.15) is 12.0 Å². The van der Waals surface area contributed by atoms with Crippen LogP contribution in [0.5, 0.6) is 0 Å². The molecule has 2 aliphatic rings. The highest BCUT2D eigenvalue weighted by molar-refractivity contribution is 8.03. The number of rotatable bonds is 3. The van der Waals surface area contributed by atoms with E-state index in [-0.39, 0.29) is 5.69 Å². The van der Waals surface area contributed by atoms with Crippen LogP contribution in [0.15, 0.2) is 118 Å². The first-order chi connectivity index (χ1) is 14.2. The number of benzene rings is 2. The molecule has 0 radical (unpaired) electrons. The number of hydrogen-bond acceptors (Lipinski definition) is 3. The van der Waals surface area contributed by atoms with E-state index >= 15 is 0 Å². The van der Waals surface area contributed by atoms with Crippen molar-refractivity contribution in [3.63, 3.8) is 0 Å². The van der Waals surface area contributed by atoms with Crippen LogP contribution in [0.25, 0.3) is 0 Å². The molecule has 0 atom stereocenters. The number of nitro groups is 1. The fourth-order valence-corrected chi connectivity index (χ4v) is 3.99. The standard InChI is InChI=1S/C25H17NO2S/c27-26(28)23-15-11-19(12-16-23)10-13-20-14-17-25(29-24-8-2-1-3-9-24)22-7-5-4-6-21(20)18-22/h1-9,11-12,14-17H,18H2. The van der Waals surface area contributed by atoms with Crippen LogP contribution in [0.3, 0.4) is 0 Å². The number of allylic oxidation sites excluding steroid dienone is 9. The summed E-state index contributed by atoms with van der Waals surface area (Å²) < 4.78 is 0. The average Bonchev–Trinajstić information content (AvgIpc) is 3.08. The van der Waals surface area contributed by atoms with Crippen LogP contribution in [0.2, 0.25) is 0 Å². The summed E-state index contributed by atoms with van der Waals surface area (Å²) in [5, 5.41) is 10.8. The van der Waals surface area contributed by atoms with E-state index in [0.717, 1.165) is 17.6 Å². The van der Waals surface area contributed by atoms with Gasteiger partial charge in [-0.05, 0) is 54.0 Å². The van der Waals surface area contributed by atoms with Crippen molar-refractivity contribution < 1.29 is 4.92 Å². The van der Waals surface area contributed by atoms with Gasteiger partial charge in [0.1, 0.15) is 0 Å².